The first-order valence-electron chi connectivity index (χ1n) is 9.00. The summed E-state index contributed by atoms with van der Waals surface area (Å²) in [5.41, 5.74) is 4.71. The first kappa shape index (κ1) is 18.6. The fourth-order valence-electron chi connectivity index (χ4n) is 3.84. The summed E-state index contributed by atoms with van der Waals surface area (Å²) in [5, 5.41) is 3.98. The molecule has 0 spiro atoms. The van der Waals surface area contributed by atoms with Crippen LogP contribution < -0.4 is 4.90 Å². The molecule has 1 unspecified atom stereocenters. The summed E-state index contributed by atoms with van der Waals surface area (Å²) in [4.78, 5) is 18.9. The zero-order valence-electron chi connectivity index (χ0n) is 15.8. The van der Waals surface area contributed by atoms with Crippen LogP contribution in [0.5, 0.6) is 0 Å². The molecule has 1 aromatic heterocycles. The topological polar surface area (TPSA) is 59.2 Å². The standard InChI is InChI=1S/C21H19ClFN3O2/c1-11-6-12(2)19(13(3)7-11)26-10-15(9-18(26)27)21-24-20(25-28-21)14-4-5-16(22)17(23)8-14/h4-8,15H,9-10H2,1-3H3. The maximum Gasteiger partial charge on any atom is 0.232 e. The first-order valence-corrected chi connectivity index (χ1v) is 9.38. The second-order valence-corrected chi connectivity index (χ2v) is 7.65. The maximum absolute atomic E-state index is 13.7. The molecule has 5 nitrogen and oxygen atoms in total. The molecule has 1 fully saturated rings. The number of carbonyl (C=O) groups excluding carboxylic acids is 1. The van der Waals surface area contributed by atoms with E-state index in [0.29, 0.717) is 24.4 Å². The van der Waals surface area contributed by atoms with Crippen LogP contribution in [0.1, 0.15) is 34.9 Å². The van der Waals surface area contributed by atoms with Crippen molar-refractivity contribution < 1.29 is 13.7 Å². The molecule has 144 valence electrons. The summed E-state index contributed by atoms with van der Waals surface area (Å²) < 4.78 is 19.1. The highest BCUT2D eigenvalue weighted by Gasteiger charge is 2.36. The van der Waals surface area contributed by atoms with Crippen LogP contribution in [-0.4, -0.2) is 22.6 Å². The van der Waals surface area contributed by atoms with E-state index in [0.717, 1.165) is 16.8 Å². The summed E-state index contributed by atoms with van der Waals surface area (Å²) in [6, 6.07) is 8.49. The van der Waals surface area contributed by atoms with Crippen LogP contribution in [0.2, 0.25) is 5.02 Å². The summed E-state index contributed by atoms with van der Waals surface area (Å²) in [5.74, 6) is -0.0656. The lowest BCUT2D eigenvalue weighted by atomic mass is 10.0. The lowest BCUT2D eigenvalue weighted by Crippen LogP contribution is -2.26. The van der Waals surface area contributed by atoms with Crippen molar-refractivity contribution in [2.75, 3.05) is 11.4 Å². The van der Waals surface area contributed by atoms with Crippen LogP contribution in [0.3, 0.4) is 0 Å². The molecule has 4 rings (SSSR count). The van der Waals surface area contributed by atoms with Crippen LogP contribution in [0, 0.1) is 26.6 Å². The molecular formula is C21H19ClFN3O2. The maximum atomic E-state index is 13.7. The zero-order valence-corrected chi connectivity index (χ0v) is 16.5. The third-order valence-corrected chi connectivity index (χ3v) is 5.31. The number of amides is 1. The van der Waals surface area contributed by atoms with Crippen molar-refractivity contribution in [2.45, 2.75) is 33.1 Å². The minimum atomic E-state index is -0.543. The van der Waals surface area contributed by atoms with Crippen LogP contribution >= 0.6 is 11.6 Å². The number of hydrogen-bond acceptors (Lipinski definition) is 4. The van der Waals surface area contributed by atoms with Gasteiger partial charge in [0, 0.05) is 24.2 Å². The van der Waals surface area contributed by atoms with Crippen LogP contribution in [0.4, 0.5) is 10.1 Å². The Balaban J connectivity index is 1.60. The second kappa shape index (κ2) is 7.02. The number of nitrogens with zero attached hydrogens (tertiary/aromatic N) is 3. The third-order valence-electron chi connectivity index (χ3n) is 5.00. The van der Waals surface area contributed by atoms with Gasteiger partial charge in [-0.25, -0.2) is 4.39 Å². The quantitative estimate of drug-likeness (QED) is 0.623. The Bertz CT molecular complexity index is 1060. The van der Waals surface area contributed by atoms with E-state index in [1.165, 1.54) is 17.7 Å². The molecule has 0 aliphatic carbocycles. The number of halogens is 2. The number of aryl methyl sites for hydroxylation is 3. The number of rotatable bonds is 3. The van der Waals surface area contributed by atoms with E-state index in [-0.39, 0.29) is 22.7 Å². The van der Waals surface area contributed by atoms with E-state index in [1.807, 2.05) is 20.8 Å². The molecule has 0 radical (unpaired) electrons. The molecule has 3 aromatic rings. The molecule has 7 heteroatoms. The highest BCUT2D eigenvalue weighted by atomic mass is 35.5. The van der Waals surface area contributed by atoms with E-state index in [2.05, 4.69) is 22.3 Å². The van der Waals surface area contributed by atoms with Gasteiger partial charge in [-0.15, -0.1) is 0 Å². The van der Waals surface area contributed by atoms with Gasteiger partial charge in [-0.2, -0.15) is 4.98 Å². The van der Waals surface area contributed by atoms with Crippen molar-refractivity contribution in [3.05, 3.63) is 63.8 Å². The molecule has 28 heavy (non-hydrogen) atoms. The van der Waals surface area contributed by atoms with Gasteiger partial charge in [0.05, 0.1) is 10.9 Å². The van der Waals surface area contributed by atoms with Crippen molar-refractivity contribution in [3.63, 3.8) is 0 Å². The Morgan fingerprint density at radius 3 is 2.57 bits per heavy atom. The normalized spacial score (nSPS) is 16.8. The Morgan fingerprint density at radius 2 is 1.89 bits per heavy atom. The molecule has 2 aromatic carbocycles. The zero-order chi connectivity index (χ0) is 20.0. The molecule has 1 aliphatic heterocycles. The fraction of sp³-hybridized carbons (Fsp3) is 0.286. The van der Waals surface area contributed by atoms with Gasteiger partial charge in [0.15, 0.2) is 0 Å². The molecule has 2 heterocycles. The van der Waals surface area contributed by atoms with Gasteiger partial charge in [0.25, 0.3) is 0 Å². The monoisotopic (exact) mass is 399 g/mol. The van der Waals surface area contributed by atoms with Gasteiger partial charge in [-0.3, -0.25) is 4.79 Å². The Morgan fingerprint density at radius 1 is 1.18 bits per heavy atom. The number of aromatic nitrogens is 2. The van der Waals surface area contributed by atoms with E-state index in [9.17, 15) is 9.18 Å². The number of carbonyl (C=O) groups is 1. The number of anilines is 1. The predicted octanol–water partition coefficient (Wildman–Crippen LogP) is 4.97. The first-order chi connectivity index (χ1) is 13.3. The van der Waals surface area contributed by atoms with E-state index >= 15 is 0 Å². The summed E-state index contributed by atoms with van der Waals surface area (Å²) in [6.07, 6.45) is 0.295. The Labute approximate surface area is 167 Å². The number of benzene rings is 2. The fourth-order valence-corrected chi connectivity index (χ4v) is 3.96. The van der Waals surface area contributed by atoms with Crippen molar-refractivity contribution in [2.24, 2.45) is 0 Å². The van der Waals surface area contributed by atoms with Crippen LogP contribution in [-0.2, 0) is 4.79 Å². The minimum Gasteiger partial charge on any atom is -0.339 e. The average Bonchev–Trinajstić information content (AvgIpc) is 3.24. The molecule has 0 N–H and O–H groups in total. The molecule has 0 bridgehead atoms. The lowest BCUT2D eigenvalue weighted by Gasteiger charge is -2.21. The molecule has 1 aliphatic rings. The van der Waals surface area contributed by atoms with Gasteiger partial charge in [-0.05, 0) is 50.1 Å². The summed E-state index contributed by atoms with van der Waals surface area (Å²) in [6.45, 7) is 6.53. The minimum absolute atomic E-state index is 0.0253. The van der Waals surface area contributed by atoms with Crippen molar-refractivity contribution in [3.8, 4) is 11.4 Å². The SMILES string of the molecule is Cc1cc(C)c(N2CC(c3nc(-c4ccc(Cl)c(F)c4)no3)CC2=O)c(C)c1. The van der Waals surface area contributed by atoms with Gasteiger partial charge >= 0.3 is 0 Å². The molecular weight excluding hydrogens is 381 g/mol. The smallest absolute Gasteiger partial charge is 0.232 e. The van der Waals surface area contributed by atoms with E-state index < -0.39 is 5.82 Å². The highest BCUT2D eigenvalue weighted by molar-refractivity contribution is 6.30. The second-order valence-electron chi connectivity index (χ2n) is 7.24. The largest absolute Gasteiger partial charge is 0.339 e. The van der Waals surface area contributed by atoms with Gasteiger partial charge in [-0.1, -0.05) is 34.5 Å². The van der Waals surface area contributed by atoms with E-state index in [4.69, 9.17) is 16.1 Å². The predicted molar refractivity (Wildman–Crippen MR) is 105 cm³/mol. The molecule has 1 amide bonds. The number of hydrogen-bond donors (Lipinski definition) is 0. The Kier molecular flexibility index (Phi) is 4.67. The van der Waals surface area contributed by atoms with Crippen molar-refractivity contribution in [1.82, 2.24) is 10.1 Å². The van der Waals surface area contributed by atoms with Crippen LogP contribution in [0.15, 0.2) is 34.9 Å². The van der Waals surface area contributed by atoms with Gasteiger partial charge < -0.3 is 9.42 Å². The summed E-state index contributed by atoms with van der Waals surface area (Å²) in [7, 11) is 0. The highest BCUT2D eigenvalue weighted by Crippen LogP contribution is 2.35. The van der Waals surface area contributed by atoms with Crippen molar-refractivity contribution in [1.29, 1.82) is 0 Å². The van der Waals surface area contributed by atoms with Gasteiger partial charge in [0.1, 0.15) is 5.82 Å². The summed E-state index contributed by atoms with van der Waals surface area (Å²) >= 11 is 5.72. The van der Waals surface area contributed by atoms with Gasteiger partial charge in [0.2, 0.25) is 17.6 Å². The average molecular weight is 400 g/mol. The molecule has 1 atom stereocenters. The van der Waals surface area contributed by atoms with E-state index in [1.54, 1.807) is 11.0 Å². The third kappa shape index (κ3) is 3.29. The lowest BCUT2D eigenvalue weighted by molar-refractivity contribution is -0.117. The Hall–Kier alpha value is -2.73. The van der Waals surface area contributed by atoms with Crippen LogP contribution in [0.25, 0.3) is 11.4 Å². The molecule has 1 saturated heterocycles. The van der Waals surface area contributed by atoms with Crippen molar-refractivity contribution >= 4 is 23.2 Å². The molecule has 0 saturated carbocycles.